The van der Waals surface area contributed by atoms with Crippen molar-refractivity contribution in [2.45, 2.75) is 33.6 Å². The number of aromatic hydroxyl groups is 1. The van der Waals surface area contributed by atoms with Gasteiger partial charge in [-0.05, 0) is 83.2 Å². The lowest BCUT2D eigenvalue weighted by Crippen LogP contribution is -2.21. The lowest BCUT2D eigenvalue weighted by molar-refractivity contribution is 0.335. The fourth-order valence-corrected chi connectivity index (χ4v) is 4.45. The summed E-state index contributed by atoms with van der Waals surface area (Å²) < 4.78 is 13.0. The highest BCUT2D eigenvalue weighted by Crippen LogP contribution is 2.35. The van der Waals surface area contributed by atoms with E-state index in [1.54, 1.807) is 24.4 Å². The van der Waals surface area contributed by atoms with Gasteiger partial charge in [0, 0.05) is 15.6 Å². The number of rotatable bonds is 7. The summed E-state index contributed by atoms with van der Waals surface area (Å²) in [6.45, 7) is 8.70. The average Bonchev–Trinajstić information content (AvgIpc) is 2.84. The highest BCUT2D eigenvalue weighted by Gasteiger charge is 2.18. The van der Waals surface area contributed by atoms with Gasteiger partial charge in [-0.2, -0.15) is 9.78 Å². The maximum absolute atomic E-state index is 13.6. The first-order valence-electron chi connectivity index (χ1n) is 11.7. The van der Waals surface area contributed by atoms with Crippen LogP contribution in [0.1, 0.15) is 43.4 Å². The summed E-state index contributed by atoms with van der Waals surface area (Å²) in [6.07, 6.45) is 1.54. The highest BCUT2D eigenvalue weighted by atomic mass is 79.9. The number of fused-ring (bicyclic) bond motifs is 1. The molecule has 4 rings (SSSR count). The molecular weight excluding hydrogens is 522 g/mol. The van der Waals surface area contributed by atoms with E-state index in [0.717, 1.165) is 22.4 Å². The number of methoxy groups -OCH3 is 1. The summed E-state index contributed by atoms with van der Waals surface area (Å²) in [6, 6.07) is 14.4. The summed E-state index contributed by atoms with van der Waals surface area (Å²) >= 11 is 3.44. The van der Waals surface area contributed by atoms with E-state index in [-0.39, 0.29) is 17.2 Å². The summed E-state index contributed by atoms with van der Waals surface area (Å²) in [5, 5.41) is 15.1. The lowest BCUT2D eigenvalue weighted by Gasteiger charge is -2.18. The third kappa shape index (κ3) is 4.86. The Morgan fingerprint density at radius 1 is 1.17 bits per heavy atom. The number of halogens is 1. The minimum atomic E-state index is -0.284. The number of phenolic OH excluding ortho intramolecular Hbond substituents is 1. The van der Waals surface area contributed by atoms with Crippen molar-refractivity contribution in [3.63, 3.8) is 0 Å². The van der Waals surface area contributed by atoms with Crippen LogP contribution in [0.25, 0.3) is 22.3 Å². The minimum absolute atomic E-state index is 0.00187. The second kappa shape index (κ2) is 10.5. The Morgan fingerprint density at radius 2 is 1.92 bits per heavy atom. The van der Waals surface area contributed by atoms with E-state index in [1.807, 2.05) is 38.1 Å². The van der Waals surface area contributed by atoms with E-state index in [4.69, 9.17) is 14.5 Å². The maximum atomic E-state index is 13.6. The third-order valence-electron chi connectivity index (χ3n) is 5.88. The third-order valence-corrected chi connectivity index (χ3v) is 6.57. The Labute approximate surface area is 218 Å². The molecular formula is C28H28BrN3O4. The fourth-order valence-electron chi connectivity index (χ4n) is 4.02. The first-order chi connectivity index (χ1) is 17.2. The predicted octanol–water partition coefficient (Wildman–Crippen LogP) is 6.25. The molecule has 0 atom stereocenters. The van der Waals surface area contributed by atoms with E-state index in [0.29, 0.717) is 39.1 Å². The molecule has 0 spiro atoms. The Hall–Kier alpha value is -3.65. The number of hydrogen-bond donors (Lipinski definition) is 1. The molecule has 0 fully saturated rings. The SMILES string of the molecule is CCOc1cc(C)c(-c2nc3ccccc3c(=O)n2N=Cc2cc(OC)c(O)cc2Br)cc1C(C)C. The van der Waals surface area contributed by atoms with Crippen LogP contribution in [-0.2, 0) is 0 Å². The van der Waals surface area contributed by atoms with Crippen LogP contribution in [0.2, 0.25) is 0 Å². The minimum Gasteiger partial charge on any atom is -0.504 e. The number of aromatic nitrogens is 2. The van der Waals surface area contributed by atoms with E-state index >= 15 is 0 Å². The molecule has 186 valence electrons. The number of aryl methyl sites for hydroxylation is 1. The summed E-state index contributed by atoms with van der Waals surface area (Å²) in [5.41, 5.74) is 3.68. The molecule has 0 saturated carbocycles. The van der Waals surface area contributed by atoms with Gasteiger partial charge in [0.25, 0.3) is 5.56 Å². The van der Waals surface area contributed by atoms with Gasteiger partial charge in [-0.1, -0.05) is 26.0 Å². The zero-order valence-corrected chi connectivity index (χ0v) is 22.5. The highest BCUT2D eigenvalue weighted by molar-refractivity contribution is 9.10. The van der Waals surface area contributed by atoms with Gasteiger partial charge < -0.3 is 14.6 Å². The predicted molar refractivity (Wildman–Crippen MR) is 147 cm³/mol. The Balaban J connectivity index is 1.98. The van der Waals surface area contributed by atoms with Gasteiger partial charge in [0.05, 0.1) is 30.8 Å². The van der Waals surface area contributed by atoms with Crippen molar-refractivity contribution < 1.29 is 14.6 Å². The Bertz CT molecular complexity index is 1530. The largest absolute Gasteiger partial charge is 0.504 e. The van der Waals surface area contributed by atoms with Crippen LogP contribution in [0.15, 0.2) is 62.9 Å². The van der Waals surface area contributed by atoms with Gasteiger partial charge in [0.2, 0.25) is 0 Å². The molecule has 1 aromatic heterocycles. The smallest absolute Gasteiger partial charge is 0.282 e. The van der Waals surface area contributed by atoms with Crippen molar-refractivity contribution in [3.05, 3.63) is 80.0 Å². The van der Waals surface area contributed by atoms with Crippen LogP contribution in [-0.4, -0.2) is 34.7 Å². The van der Waals surface area contributed by atoms with Gasteiger partial charge in [0.15, 0.2) is 17.3 Å². The second-order valence-corrected chi connectivity index (χ2v) is 9.51. The molecule has 0 aliphatic carbocycles. The van der Waals surface area contributed by atoms with Crippen molar-refractivity contribution >= 4 is 33.0 Å². The topological polar surface area (TPSA) is 85.9 Å². The second-order valence-electron chi connectivity index (χ2n) is 8.65. The molecule has 0 aliphatic rings. The average molecular weight is 550 g/mol. The molecule has 0 radical (unpaired) electrons. The van der Waals surface area contributed by atoms with E-state index < -0.39 is 0 Å². The quantitative estimate of drug-likeness (QED) is 0.275. The fraction of sp³-hybridized carbons (Fsp3) is 0.250. The molecule has 36 heavy (non-hydrogen) atoms. The maximum Gasteiger partial charge on any atom is 0.282 e. The first kappa shape index (κ1) is 25.4. The number of nitrogens with zero attached hydrogens (tertiary/aromatic N) is 3. The van der Waals surface area contributed by atoms with E-state index in [9.17, 15) is 9.90 Å². The van der Waals surface area contributed by atoms with Crippen LogP contribution in [0, 0.1) is 6.92 Å². The molecule has 0 amide bonds. The molecule has 4 aromatic rings. The van der Waals surface area contributed by atoms with Crippen molar-refractivity contribution in [1.82, 2.24) is 9.66 Å². The summed E-state index contributed by atoms with van der Waals surface area (Å²) in [5.74, 6) is 1.76. The van der Waals surface area contributed by atoms with Crippen LogP contribution in [0.5, 0.6) is 17.2 Å². The number of phenols is 1. The zero-order chi connectivity index (χ0) is 26.0. The van der Waals surface area contributed by atoms with Crippen LogP contribution >= 0.6 is 15.9 Å². The van der Waals surface area contributed by atoms with Gasteiger partial charge in [-0.15, -0.1) is 0 Å². The van der Waals surface area contributed by atoms with E-state index in [1.165, 1.54) is 17.9 Å². The van der Waals surface area contributed by atoms with Crippen molar-refractivity contribution in [2.24, 2.45) is 5.10 Å². The lowest BCUT2D eigenvalue weighted by atomic mass is 9.96. The molecule has 0 unspecified atom stereocenters. The number of para-hydroxylation sites is 1. The van der Waals surface area contributed by atoms with Gasteiger partial charge in [-0.25, -0.2) is 4.98 Å². The number of hydrogen-bond acceptors (Lipinski definition) is 6. The van der Waals surface area contributed by atoms with E-state index in [2.05, 4.69) is 34.9 Å². The summed E-state index contributed by atoms with van der Waals surface area (Å²) in [7, 11) is 1.47. The molecule has 3 aromatic carbocycles. The van der Waals surface area contributed by atoms with Crippen LogP contribution in [0.3, 0.4) is 0 Å². The molecule has 0 saturated heterocycles. The molecule has 1 heterocycles. The Kier molecular flexibility index (Phi) is 7.45. The zero-order valence-electron chi connectivity index (χ0n) is 20.9. The van der Waals surface area contributed by atoms with Crippen LogP contribution in [0.4, 0.5) is 0 Å². The number of benzene rings is 3. The summed E-state index contributed by atoms with van der Waals surface area (Å²) in [4.78, 5) is 18.5. The van der Waals surface area contributed by atoms with Gasteiger partial charge in [-0.3, -0.25) is 4.79 Å². The molecule has 7 nitrogen and oxygen atoms in total. The van der Waals surface area contributed by atoms with Crippen molar-refractivity contribution in [1.29, 1.82) is 0 Å². The molecule has 0 bridgehead atoms. The van der Waals surface area contributed by atoms with Crippen molar-refractivity contribution in [2.75, 3.05) is 13.7 Å². The van der Waals surface area contributed by atoms with Crippen molar-refractivity contribution in [3.8, 4) is 28.6 Å². The molecule has 0 aliphatic heterocycles. The van der Waals surface area contributed by atoms with Gasteiger partial charge in [0.1, 0.15) is 5.75 Å². The molecule has 1 N–H and O–H groups in total. The molecule has 8 heteroatoms. The standard InChI is InChI=1S/C28H28BrN3O4/c1-6-36-25-11-17(4)21(13-20(25)16(2)3)27-31-23-10-8-7-9-19(23)28(34)32(27)30-15-18-12-26(35-5)24(33)14-22(18)29/h7-16,33H,6H2,1-5H3. The number of ether oxygens (including phenoxy) is 2. The first-order valence-corrected chi connectivity index (χ1v) is 12.4. The van der Waals surface area contributed by atoms with Gasteiger partial charge >= 0.3 is 0 Å². The normalized spacial score (nSPS) is 11.5. The monoisotopic (exact) mass is 549 g/mol. The van der Waals surface area contributed by atoms with Crippen LogP contribution < -0.4 is 15.0 Å². The Morgan fingerprint density at radius 3 is 2.61 bits per heavy atom.